The highest BCUT2D eigenvalue weighted by Gasteiger charge is 2.09. The fourth-order valence-corrected chi connectivity index (χ4v) is 2.39. The molecule has 3 nitrogen and oxygen atoms in total. The van der Waals surface area contributed by atoms with Crippen LogP contribution in [-0.2, 0) is 6.42 Å². The summed E-state index contributed by atoms with van der Waals surface area (Å²) in [6.45, 7) is 2.89. The molecule has 0 heterocycles. The second-order valence-electron chi connectivity index (χ2n) is 5.34. The molecule has 1 N–H and O–H groups in total. The maximum Gasteiger partial charge on any atom is 0.335 e. The van der Waals surface area contributed by atoms with Crippen LogP contribution in [0.2, 0.25) is 0 Å². The fraction of sp³-hybridized carbons (Fsp3) is 0.316. The molecule has 0 saturated carbocycles. The van der Waals surface area contributed by atoms with Crippen molar-refractivity contribution in [1.82, 2.24) is 0 Å². The van der Waals surface area contributed by atoms with Gasteiger partial charge in [-0.1, -0.05) is 50.1 Å². The molecule has 0 aliphatic rings. The zero-order chi connectivity index (χ0) is 15.8. The monoisotopic (exact) mass is 298 g/mol. The van der Waals surface area contributed by atoms with Crippen LogP contribution in [0.15, 0.2) is 48.5 Å². The minimum absolute atomic E-state index is 0.358. The molecular formula is C19H22O3. The molecule has 0 atom stereocenters. The molecule has 0 aliphatic carbocycles. The summed E-state index contributed by atoms with van der Waals surface area (Å²) in [6.07, 6.45) is 4.00. The van der Waals surface area contributed by atoms with Crippen LogP contribution < -0.4 is 4.74 Å². The molecule has 116 valence electrons. The van der Waals surface area contributed by atoms with Crippen molar-refractivity contribution in [2.45, 2.75) is 32.6 Å². The normalized spacial score (nSPS) is 10.4. The van der Waals surface area contributed by atoms with E-state index in [4.69, 9.17) is 4.74 Å². The first-order chi connectivity index (χ1) is 10.7. The van der Waals surface area contributed by atoms with Crippen molar-refractivity contribution in [3.8, 4) is 5.75 Å². The van der Waals surface area contributed by atoms with Crippen molar-refractivity contribution in [2.75, 3.05) is 6.61 Å². The molecule has 0 aliphatic heterocycles. The number of hydrogen-bond donors (Lipinski definition) is 1. The summed E-state index contributed by atoms with van der Waals surface area (Å²) in [4.78, 5) is 11.3. The molecule has 2 rings (SSSR count). The highest BCUT2D eigenvalue weighted by atomic mass is 16.5. The van der Waals surface area contributed by atoms with Gasteiger partial charge in [0.1, 0.15) is 5.75 Å². The minimum Gasteiger partial charge on any atom is -0.494 e. The molecule has 2 aromatic carbocycles. The molecule has 0 radical (unpaired) electrons. The number of carbonyl (C=O) groups is 1. The topological polar surface area (TPSA) is 46.5 Å². The van der Waals surface area contributed by atoms with Gasteiger partial charge in [-0.05, 0) is 42.2 Å². The Labute approximate surface area is 131 Å². The maximum atomic E-state index is 11.3. The highest BCUT2D eigenvalue weighted by Crippen LogP contribution is 2.19. The lowest BCUT2D eigenvalue weighted by Gasteiger charge is -2.09. The molecular weight excluding hydrogens is 276 g/mol. The van der Waals surface area contributed by atoms with Gasteiger partial charge in [-0.15, -0.1) is 0 Å². The summed E-state index contributed by atoms with van der Waals surface area (Å²) < 4.78 is 5.75. The maximum absolute atomic E-state index is 11.3. The van der Waals surface area contributed by atoms with Crippen molar-refractivity contribution in [1.29, 1.82) is 0 Å². The average molecular weight is 298 g/mol. The molecule has 0 saturated heterocycles. The third-order valence-electron chi connectivity index (χ3n) is 3.56. The van der Waals surface area contributed by atoms with Crippen molar-refractivity contribution in [3.63, 3.8) is 0 Å². The quantitative estimate of drug-likeness (QED) is 0.727. The van der Waals surface area contributed by atoms with Gasteiger partial charge >= 0.3 is 5.97 Å². The number of aromatic carboxylic acids is 1. The minimum atomic E-state index is -0.887. The van der Waals surface area contributed by atoms with Gasteiger partial charge in [0.25, 0.3) is 0 Å². The third kappa shape index (κ3) is 4.62. The lowest BCUT2D eigenvalue weighted by molar-refractivity contribution is 0.0696. The summed E-state index contributed by atoms with van der Waals surface area (Å²) in [5.41, 5.74) is 2.23. The lowest BCUT2D eigenvalue weighted by atomic mass is 10.00. The Morgan fingerprint density at radius 3 is 2.68 bits per heavy atom. The Bertz CT molecular complexity index is 620. The number of hydrogen-bond acceptors (Lipinski definition) is 2. The van der Waals surface area contributed by atoms with Gasteiger partial charge in [0.15, 0.2) is 0 Å². The van der Waals surface area contributed by atoms with Crippen LogP contribution >= 0.6 is 0 Å². The summed E-state index contributed by atoms with van der Waals surface area (Å²) in [5.74, 6) is -0.0380. The molecule has 22 heavy (non-hydrogen) atoms. The van der Waals surface area contributed by atoms with Gasteiger partial charge < -0.3 is 9.84 Å². The first-order valence-electron chi connectivity index (χ1n) is 7.73. The van der Waals surface area contributed by atoms with E-state index in [-0.39, 0.29) is 0 Å². The number of carboxylic acid groups (broad SMARTS) is 1. The highest BCUT2D eigenvalue weighted by molar-refractivity contribution is 5.89. The standard InChI is InChI=1S/C19H22O3/c1-2-3-6-12-22-17-10-7-8-15(14-17)13-16-9-4-5-11-18(16)19(20)21/h4-5,7-11,14H,2-3,6,12-13H2,1H3,(H,20,21). The van der Waals surface area contributed by atoms with Crippen LogP contribution in [0, 0.1) is 0 Å². The van der Waals surface area contributed by atoms with Crippen LogP contribution in [0.25, 0.3) is 0 Å². The zero-order valence-electron chi connectivity index (χ0n) is 12.9. The number of benzene rings is 2. The second kappa shape index (κ2) is 8.23. The van der Waals surface area contributed by atoms with Crippen LogP contribution in [0.5, 0.6) is 5.75 Å². The Kier molecular flexibility index (Phi) is 6.01. The fourth-order valence-electron chi connectivity index (χ4n) is 2.39. The largest absolute Gasteiger partial charge is 0.494 e. The lowest BCUT2D eigenvalue weighted by Crippen LogP contribution is -2.03. The van der Waals surface area contributed by atoms with Gasteiger partial charge in [0.2, 0.25) is 0 Å². The van der Waals surface area contributed by atoms with Crippen molar-refractivity contribution in [2.24, 2.45) is 0 Å². The van der Waals surface area contributed by atoms with Crippen LogP contribution in [-0.4, -0.2) is 17.7 Å². The smallest absolute Gasteiger partial charge is 0.335 e. The SMILES string of the molecule is CCCCCOc1cccc(Cc2ccccc2C(=O)O)c1. The molecule has 0 amide bonds. The van der Waals surface area contributed by atoms with Gasteiger partial charge in [0.05, 0.1) is 12.2 Å². The summed E-state index contributed by atoms with van der Waals surface area (Å²) in [5, 5.41) is 9.24. The zero-order valence-corrected chi connectivity index (χ0v) is 12.9. The number of unbranched alkanes of at least 4 members (excludes halogenated alkanes) is 2. The third-order valence-corrected chi connectivity index (χ3v) is 3.56. The average Bonchev–Trinajstić information content (AvgIpc) is 2.52. The number of carboxylic acids is 1. The predicted octanol–water partition coefficient (Wildman–Crippen LogP) is 4.54. The van der Waals surface area contributed by atoms with E-state index in [0.29, 0.717) is 12.0 Å². The molecule has 2 aromatic rings. The second-order valence-corrected chi connectivity index (χ2v) is 5.34. The molecule has 3 heteroatoms. The Morgan fingerprint density at radius 1 is 1.09 bits per heavy atom. The van der Waals surface area contributed by atoms with Crippen LogP contribution in [0.1, 0.15) is 47.7 Å². The Hall–Kier alpha value is -2.29. The molecule has 0 aromatic heterocycles. The summed E-state index contributed by atoms with van der Waals surface area (Å²) >= 11 is 0. The van der Waals surface area contributed by atoms with Gasteiger partial charge in [-0.25, -0.2) is 4.79 Å². The van der Waals surface area contributed by atoms with E-state index in [2.05, 4.69) is 6.92 Å². The van der Waals surface area contributed by atoms with Crippen LogP contribution in [0.4, 0.5) is 0 Å². The van der Waals surface area contributed by atoms with E-state index in [9.17, 15) is 9.90 Å². The van der Waals surface area contributed by atoms with E-state index >= 15 is 0 Å². The van der Waals surface area contributed by atoms with Gasteiger partial charge in [0, 0.05) is 0 Å². The van der Waals surface area contributed by atoms with Crippen molar-refractivity contribution in [3.05, 3.63) is 65.2 Å². The predicted molar refractivity (Wildman–Crippen MR) is 87.7 cm³/mol. The molecule has 0 fully saturated rings. The Morgan fingerprint density at radius 2 is 1.91 bits per heavy atom. The first kappa shape index (κ1) is 16.1. The van der Waals surface area contributed by atoms with E-state index < -0.39 is 5.97 Å². The molecule has 0 spiro atoms. The number of ether oxygens (including phenoxy) is 1. The van der Waals surface area contributed by atoms with Crippen molar-refractivity contribution >= 4 is 5.97 Å². The van der Waals surface area contributed by atoms with Crippen LogP contribution in [0.3, 0.4) is 0 Å². The van der Waals surface area contributed by atoms with Gasteiger partial charge in [-0.3, -0.25) is 0 Å². The van der Waals surface area contributed by atoms with Crippen molar-refractivity contribution < 1.29 is 14.6 Å². The molecule has 0 bridgehead atoms. The van der Waals surface area contributed by atoms with E-state index in [0.717, 1.165) is 29.9 Å². The molecule has 0 unspecified atom stereocenters. The summed E-state index contributed by atoms with van der Waals surface area (Å²) in [7, 11) is 0. The van der Waals surface area contributed by atoms with E-state index in [1.807, 2.05) is 36.4 Å². The first-order valence-corrected chi connectivity index (χ1v) is 7.73. The summed E-state index contributed by atoms with van der Waals surface area (Å²) in [6, 6.07) is 15.0. The van der Waals surface area contributed by atoms with E-state index in [1.165, 1.54) is 12.8 Å². The van der Waals surface area contributed by atoms with Gasteiger partial charge in [-0.2, -0.15) is 0 Å². The Balaban J connectivity index is 2.06. The van der Waals surface area contributed by atoms with E-state index in [1.54, 1.807) is 12.1 Å². The number of rotatable bonds is 8.